The Morgan fingerprint density at radius 1 is 1.11 bits per heavy atom. The van der Waals surface area contributed by atoms with Gasteiger partial charge >= 0.3 is 0 Å². The summed E-state index contributed by atoms with van der Waals surface area (Å²) in [4.78, 5) is 4.12. The molecular formula is C25H33NO2. The smallest absolute Gasteiger partial charge is 0.132 e. The van der Waals surface area contributed by atoms with Crippen LogP contribution in [0.3, 0.4) is 0 Å². The van der Waals surface area contributed by atoms with Gasteiger partial charge in [-0.05, 0) is 72.7 Å². The van der Waals surface area contributed by atoms with Crippen LogP contribution >= 0.6 is 0 Å². The van der Waals surface area contributed by atoms with Crippen LogP contribution in [0.1, 0.15) is 82.9 Å². The van der Waals surface area contributed by atoms with E-state index in [4.69, 9.17) is 4.74 Å². The third kappa shape index (κ3) is 4.40. The van der Waals surface area contributed by atoms with Gasteiger partial charge in [0.15, 0.2) is 0 Å². The summed E-state index contributed by atoms with van der Waals surface area (Å²) in [6, 6.07) is 8.01. The molecule has 2 unspecified atom stereocenters. The van der Waals surface area contributed by atoms with Gasteiger partial charge in [0.25, 0.3) is 0 Å². The van der Waals surface area contributed by atoms with Crippen LogP contribution < -0.4 is 4.74 Å². The normalized spacial score (nSPS) is 17.2. The van der Waals surface area contributed by atoms with Gasteiger partial charge in [-0.25, -0.2) is 0 Å². The number of hydrogen-bond donors (Lipinski definition) is 1. The van der Waals surface area contributed by atoms with Crippen LogP contribution in [-0.2, 0) is 0 Å². The number of fused-ring (bicyclic) bond motifs is 1. The maximum atomic E-state index is 10.9. The molecule has 0 aliphatic carbocycles. The average molecular weight is 380 g/mol. The fraction of sp³-hybridized carbons (Fsp3) is 0.480. The Balaban J connectivity index is 1.97. The molecule has 3 rings (SSSR count). The van der Waals surface area contributed by atoms with Crippen LogP contribution in [-0.4, -0.2) is 15.7 Å². The first-order chi connectivity index (χ1) is 13.3. The summed E-state index contributed by atoms with van der Waals surface area (Å²) in [5, 5.41) is 10.9. The van der Waals surface area contributed by atoms with Gasteiger partial charge in [0.1, 0.15) is 17.1 Å². The zero-order valence-corrected chi connectivity index (χ0v) is 17.8. The molecule has 0 amide bonds. The van der Waals surface area contributed by atoms with E-state index in [9.17, 15) is 5.11 Å². The van der Waals surface area contributed by atoms with Crippen molar-refractivity contribution in [2.24, 2.45) is 5.92 Å². The molecule has 1 aliphatic heterocycles. The van der Waals surface area contributed by atoms with Crippen molar-refractivity contribution in [3.05, 3.63) is 59.4 Å². The van der Waals surface area contributed by atoms with Crippen LogP contribution in [0.4, 0.5) is 0 Å². The fourth-order valence-electron chi connectivity index (χ4n) is 4.02. The first kappa shape index (κ1) is 20.4. The summed E-state index contributed by atoms with van der Waals surface area (Å²) in [5.41, 5.74) is 3.53. The van der Waals surface area contributed by atoms with Crippen molar-refractivity contribution in [3.8, 4) is 11.5 Å². The molecule has 1 aromatic carbocycles. The van der Waals surface area contributed by atoms with E-state index in [2.05, 4.69) is 51.7 Å². The first-order valence-corrected chi connectivity index (χ1v) is 10.5. The number of unbranched alkanes of at least 4 members (excludes halogenated alkanes) is 2. The summed E-state index contributed by atoms with van der Waals surface area (Å²) >= 11 is 0. The second kappa shape index (κ2) is 8.38. The molecule has 2 atom stereocenters. The van der Waals surface area contributed by atoms with Gasteiger partial charge in [-0.3, -0.25) is 4.98 Å². The second-order valence-electron chi connectivity index (χ2n) is 8.67. The molecule has 0 saturated carbocycles. The van der Waals surface area contributed by atoms with Crippen molar-refractivity contribution < 1.29 is 9.84 Å². The van der Waals surface area contributed by atoms with E-state index >= 15 is 0 Å². The highest BCUT2D eigenvalue weighted by molar-refractivity contribution is 5.87. The van der Waals surface area contributed by atoms with Gasteiger partial charge in [0, 0.05) is 12.4 Å². The van der Waals surface area contributed by atoms with Crippen molar-refractivity contribution in [1.29, 1.82) is 0 Å². The zero-order chi connectivity index (χ0) is 20.3. The van der Waals surface area contributed by atoms with E-state index in [1.54, 1.807) is 12.4 Å². The van der Waals surface area contributed by atoms with Crippen LogP contribution in [0.5, 0.6) is 11.5 Å². The number of benzene rings is 1. The Kier molecular flexibility index (Phi) is 6.12. The van der Waals surface area contributed by atoms with Gasteiger partial charge in [-0.15, -0.1) is 0 Å². The highest BCUT2D eigenvalue weighted by Crippen LogP contribution is 2.46. The lowest BCUT2D eigenvalue weighted by Gasteiger charge is -2.33. The van der Waals surface area contributed by atoms with Crippen molar-refractivity contribution in [2.75, 3.05) is 0 Å². The van der Waals surface area contributed by atoms with Gasteiger partial charge in [-0.2, -0.15) is 0 Å². The number of rotatable bonds is 7. The van der Waals surface area contributed by atoms with E-state index in [1.165, 1.54) is 25.7 Å². The van der Waals surface area contributed by atoms with Gasteiger partial charge < -0.3 is 9.84 Å². The highest BCUT2D eigenvalue weighted by atomic mass is 16.5. The van der Waals surface area contributed by atoms with E-state index in [0.717, 1.165) is 28.0 Å². The molecule has 0 spiro atoms. The molecule has 1 aliphatic rings. The van der Waals surface area contributed by atoms with Crippen molar-refractivity contribution >= 4 is 5.57 Å². The largest absolute Gasteiger partial charge is 0.507 e. The number of phenols is 1. The van der Waals surface area contributed by atoms with Crippen LogP contribution in [0.2, 0.25) is 0 Å². The van der Waals surface area contributed by atoms with E-state index in [0.29, 0.717) is 17.6 Å². The molecule has 2 heterocycles. The van der Waals surface area contributed by atoms with Crippen LogP contribution in [0.15, 0.2) is 42.7 Å². The minimum absolute atomic E-state index is 0.290. The van der Waals surface area contributed by atoms with Crippen molar-refractivity contribution in [3.63, 3.8) is 0 Å². The average Bonchev–Trinajstić information content (AvgIpc) is 2.66. The lowest BCUT2D eigenvalue weighted by Crippen LogP contribution is -2.29. The minimum atomic E-state index is -0.438. The molecule has 3 nitrogen and oxygen atoms in total. The molecule has 0 radical (unpaired) electrons. The number of ether oxygens (including phenoxy) is 1. The molecule has 0 bridgehead atoms. The zero-order valence-electron chi connectivity index (χ0n) is 17.8. The number of phenolic OH excluding ortho intramolecular Hbond substituents is 1. The third-order valence-electron chi connectivity index (χ3n) is 5.87. The predicted molar refractivity (Wildman–Crippen MR) is 116 cm³/mol. The predicted octanol–water partition coefficient (Wildman–Crippen LogP) is 6.71. The molecule has 1 N–H and O–H groups in total. The maximum Gasteiger partial charge on any atom is 0.132 e. The molecule has 28 heavy (non-hydrogen) atoms. The summed E-state index contributed by atoms with van der Waals surface area (Å²) in [6.45, 7) is 10.9. The molecule has 1 aromatic heterocycles. The maximum absolute atomic E-state index is 10.9. The number of aromatic nitrogens is 1. The summed E-state index contributed by atoms with van der Waals surface area (Å²) < 4.78 is 6.27. The molecular weight excluding hydrogens is 346 g/mol. The quantitative estimate of drug-likeness (QED) is 0.544. The monoisotopic (exact) mass is 379 g/mol. The lowest BCUT2D eigenvalue weighted by atomic mass is 9.83. The molecule has 150 valence electrons. The standard InChI is InChI=1S/C25H33NO2/c1-6-7-8-9-17(2)18(3)20-14-22(27)24-21(19-10-12-26-13-11-19)16-25(4,5)28-23(24)15-20/h10-18,27H,6-9H2,1-5H3. The molecule has 2 aromatic rings. The van der Waals surface area contributed by atoms with Gasteiger partial charge in [0.05, 0.1) is 5.56 Å². The summed E-state index contributed by atoms with van der Waals surface area (Å²) in [7, 11) is 0. The minimum Gasteiger partial charge on any atom is -0.507 e. The Labute approximate surface area is 169 Å². The van der Waals surface area contributed by atoms with E-state index in [-0.39, 0.29) is 0 Å². The molecule has 0 saturated heterocycles. The highest BCUT2D eigenvalue weighted by Gasteiger charge is 2.30. The van der Waals surface area contributed by atoms with E-state index in [1.807, 2.05) is 18.2 Å². The summed E-state index contributed by atoms with van der Waals surface area (Å²) in [6.07, 6.45) is 10.6. The second-order valence-corrected chi connectivity index (χ2v) is 8.67. The Morgan fingerprint density at radius 2 is 1.82 bits per heavy atom. The Morgan fingerprint density at radius 3 is 2.50 bits per heavy atom. The van der Waals surface area contributed by atoms with Crippen LogP contribution in [0, 0.1) is 5.92 Å². The van der Waals surface area contributed by atoms with Crippen molar-refractivity contribution in [1.82, 2.24) is 4.98 Å². The third-order valence-corrected chi connectivity index (χ3v) is 5.87. The molecule has 0 fully saturated rings. The lowest BCUT2D eigenvalue weighted by molar-refractivity contribution is 0.157. The number of hydrogen-bond acceptors (Lipinski definition) is 3. The van der Waals surface area contributed by atoms with Crippen molar-refractivity contribution in [2.45, 2.75) is 71.8 Å². The van der Waals surface area contributed by atoms with Gasteiger partial charge in [-0.1, -0.05) is 46.5 Å². The topological polar surface area (TPSA) is 42.4 Å². The fourth-order valence-corrected chi connectivity index (χ4v) is 4.02. The Hall–Kier alpha value is -2.29. The number of aromatic hydroxyl groups is 1. The van der Waals surface area contributed by atoms with E-state index < -0.39 is 5.60 Å². The van der Waals surface area contributed by atoms with Crippen LogP contribution in [0.25, 0.3) is 5.57 Å². The SMILES string of the molecule is CCCCCC(C)C(C)c1cc(O)c2c(c1)OC(C)(C)C=C2c1ccncc1. The number of nitrogens with zero attached hydrogens (tertiary/aromatic N) is 1. The number of pyridine rings is 1. The first-order valence-electron chi connectivity index (χ1n) is 10.5. The molecule has 3 heteroatoms. The van der Waals surface area contributed by atoms with Gasteiger partial charge in [0.2, 0.25) is 0 Å². The summed E-state index contributed by atoms with van der Waals surface area (Å²) in [5.74, 6) is 1.99. The Bertz CT molecular complexity index is 839.